The normalized spacial score (nSPS) is 16.6. The summed E-state index contributed by atoms with van der Waals surface area (Å²) in [5, 5.41) is 3.08. The number of thiazole rings is 1. The van der Waals surface area contributed by atoms with Crippen LogP contribution in [0.25, 0.3) is 10.2 Å². The van der Waals surface area contributed by atoms with Crippen molar-refractivity contribution in [3.63, 3.8) is 0 Å². The third kappa shape index (κ3) is 4.70. The molecule has 0 radical (unpaired) electrons. The molecule has 1 saturated heterocycles. The second kappa shape index (κ2) is 9.46. The molecule has 2 aromatic carbocycles. The Morgan fingerprint density at radius 3 is 2.67 bits per heavy atom. The van der Waals surface area contributed by atoms with E-state index in [1.54, 1.807) is 37.3 Å². The van der Waals surface area contributed by atoms with Crippen LogP contribution in [0.2, 0.25) is 0 Å². The summed E-state index contributed by atoms with van der Waals surface area (Å²) in [7, 11) is -2.34. The van der Waals surface area contributed by atoms with E-state index in [-0.39, 0.29) is 18.0 Å². The van der Waals surface area contributed by atoms with Crippen LogP contribution in [0.15, 0.2) is 47.4 Å². The van der Waals surface area contributed by atoms with Crippen LogP contribution in [0, 0.1) is 0 Å². The molecule has 0 aliphatic carbocycles. The SMILES string of the molecule is CCOC(=O)c1ccc2nc(NC(=O)C3CCCN3S(=O)(=O)c3ccc(OC)cc3)sc2c1. The van der Waals surface area contributed by atoms with Crippen LogP contribution in [0.1, 0.15) is 30.1 Å². The molecule has 4 rings (SSSR count). The van der Waals surface area contributed by atoms with Crippen molar-refractivity contribution in [1.82, 2.24) is 9.29 Å². The summed E-state index contributed by atoms with van der Waals surface area (Å²) < 4.78 is 38.3. The smallest absolute Gasteiger partial charge is 0.338 e. The third-order valence-corrected chi connectivity index (χ3v) is 8.16. The van der Waals surface area contributed by atoms with Gasteiger partial charge in [-0.2, -0.15) is 4.31 Å². The monoisotopic (exact) mass is 489 g/mol. The minimum Gasteiger partial charge on any atom is -0.497 e. The van der Waals surface area contributed by atoms with E-state index in [0.29, 0.717) is 39.5 Å². The molecule has 1 atom stereocenters. The van der Waals surface area contributed by atoms with Crippen molar-refractivity contribution >= 4 is 48.6 Å². The zero-order valence-electron chi connectivity index (χ0n) is 18.1. The number of anilines is 1. The molecule has 1 aliphatic rings. The number of carbonyl (C=O) groups is 2. The second-order valence-corrected chi connectivity index (χ2v) is 10.3. The van der Waals surface area contributed by atoms with Gasteiger partial charge in [-0.05, 0) is 62.2 Å². The number of nitrogens with one attached hydrogen (secondary N) is 1. The molecule has 11 heteroatoms. The first-order valence-electron chi connectivity index (χ1n) is 10.4. The minimum absolute atomic E-state index is 0.106. The Kier molecular flexibility index (Phi) is 6.63. The number of ether oxygens (including phenoxy) is 2. The van der Waals surface area contributed by atoms with Crippen LogP contribution >= 0.6 is 11.3 Å². The molecule has 9 nitrogen and oxygen atoms in total. The predicted molar refractivity (Wildman–Crippen MR) is 124 cm³/mol. The highest BCUT2D eigenvalue weighted by atomic mass is 32.2. The number of benzene rings is 2. The molecule has 3 aromatic rings. The van der Waals surface area contributed by atoms with Crippen LogP contribution < -0.4 is 10.1 Å². The van der Waals surface area contributed by atoms with Gasteiger partial charge in [-0.1, -0.05) is 11.3 Å². The highest BCUT2D eigenvalue weighted by Crippen LogP contribution is 2.30. The third-order valence-electron chi connectivity index (χ3n) is 5.30. The maximum absolute atomic E-state index is 13.1. The summed E-state index contributed by atoms with van der Waals surface area (Å²) in [6.45, 7) is 2.27. The Labute approximate surface area is 195 Å². The molecule has 1 aliphatic heterocycles. The van der Waals surface area contributed by atoms with Crippen LogP contribution in [-0.4, -0.2) is 55.9 Å². The molecular weight excluding hydrogens is 466 g/mol. The molecule has 1 fully saturated rings. The van der Waals surface area contributed by atoms with Crippen molar-refractivity contribution in [2.75, 3.05) is 25.6 Å². The average Bonchev–Trinajstić information content (AvgIpc) is 3.46. The maximum Gasteiger partial charge on any atom is 0.338 e. The number of nitrogens with zero attached hydrogens (tertiary/aromatic N) is 2. The van der Waals surface area contributed by atoms with Gasteiger partial charge in [0.25, 0.3) is 0 Å². The molecule has 1 unspecified atom stereocenters. The fourth-order valence-corrected chi connectivity index (χ4v) is 6.25. The van der Waals surface area contributed by atoms with E-state index < -0.39 is 27.9 Å². The molecule has 0 spiro atoms. The largest absolute Gasteiger partial charge is 0.497 e. The van der Waals surface area contributed by atoms with E-state index in [1.165, 1.54) is 34.9 Å². The first kappa shape index (κ1) is 23.1. The van der Waals surface area contributed by atoms with Crippen molar-refractivity contribution in [1.29, 1.82) is 0 Å². The molecule has 174 valence electrons. The number of sulfonamides is 1. The Morgan fingerprint density at radius 2 is 1.97 bits per heavy atom. The summed E-state index contributed by atoms with van der Waals surface area (Å²) in [6.07, 6.45) is 0.995. The van der Waals surface area contributed by atoms with Crippen LogP contribution in [0.4, 0.5) is 5.13 Å². The molecule has 1 aromatic heterocycles. The van der Waals surface area contributed by atoms with Crippen molar-refractivity contribution in [3.05, 3.63) is 48.0 Å². The number of aromatic nitrogens is 1. The van der Waals surface area contributed by atoms with Crippen molar-refractivity contribution in [2.45, 2.75) is 30.7 Å². The summed E-state index contributed by atoms with van der Waals surface area (Å²) in [4.78, 5) is 29.4. The molecule has 1 amide bonds. The van der Waals surface area contributed by atoms with Gasteiger partial charge in [0.05, 0.1) is 34.4 Å². The van der Waals surface area contributed by atoms with Gasteiger partial charge < -0.3 is 14.8 Å². The molecular formula is C22H23N3O6S2. The number of rotatable bonds is 7. The highest BCUT2D eigenvalue weighted by Gasteiger charge is 2.39. The number of methoxy groups -OCH3 is 1. The quantitative estimate of drug-likeness (QED) is 0.507. The van der Waals surface area contributed by atoms with E-state index >= 15 is 0 Å². The van der Waals surface area contributed by atoms with E-state index in [0.717, 1.165) is 0 Å². The molecule has 1 N–H and O–H groups in total. The highest BCUT2D eigenvalue weighted by molar-refractivity contribution is 7.89. The summed E-state index contributed by atoms with van der Waals surface area (Å²) in [5.41, 5.74) is 1.02. The Morgan fingerprint density at radius 1 is 1.21 bits per heavy atom. The lowest BCUT2D eigenvalue weighted by atomic mass is 10.2. The molecule has 2 heterocycles. The Hall–Kier alpha value is -3.02. The molecule has 0 bridgehead atoms. The Balaban J connectivity index is 1.52. The lowest BCUT2D eigenvalue weighted by Crippen LogP contribution is -2.43. The topological polar surface area (TPSA) is 115 Å². The number of fused-ring (bicyclic) bond motifs is 1. The first-order valence-corrected chi connectivity index (χ1v) is 12.6. The lowest BCUT2D eigenvalue weighted by molar-refractivity contribution is -0.119. The summed E-state index contributed by atoms with van der Waals surface area (Å²) in [5.74, 6) is -0.315. The second-order valence-electron chi connectivity index (χ2n) is 7.36. The predicted octanol–water partition coefficient (Wildman–Crippen LogP) is 3.27. The van der Waals surface area contributed by atoms with Crippen molar-refractivity contribution < 1.29 is 27.5 Å². The van der Waals surface area contributed by atoms with Crippen LogP contribution in [0.3, 0.4) is 0 Å². The van der Waals surface area contributed by atoms with Crippen molar-refractivity contribution in [3.8, 4) is 5.75 Å². The van der Waals surface area contributed by atoms with Gasteiger partial charge in [0.15, 0.2) is 5.13 Å². The van der Waals surface area contributed by atoms with Gasteiger partial charge in [0.2, 0.25) is 15.9 Å². The number of hydrogen-bond acceptors (Lipinski definition) is 8. The first-order chi connectivity index (χ1) is 15.8. The van der Waals surface area contributed by atoms with Crippen molar-refractivity contribution in [2.24, 2.45) is 0 Å². The lowest BCUT2D eigenvalue weighted by Gasteiger charge is -2.23. The van der Waals surface area contributed by atoms with E-state index in [9.17, 15) is 18.0 Å². The van der Waals surface area contributed by atoms with Gasteiger partial charge in [-0.15, -0.1) is 0 Å². The van der Waals surface area contributed by atoms with Gasteiger partial charge >= 0.3 is 5.97 Å². The van der Waals surface area contributed by atoms with Gasteiger partial charge in [0, 0.05) is 6.54 Å². The molecule has 33 heavy (non-hydrogen) atoms. The zero-order valence-corrected chi connectivity index (χ0v) is 19.7. The van der Waals surface area contributed by atoms with Crippen LogP contribution in [-0.2, 0) is 19.6 Å². The van der Waals surface area contributed by atoms with Gasteiger partial charge in [0.1, 0.15) is 11.8 Å². The van der Waals surface area contributed by atoms with E-state index in [4.69, 9.17) is 9.47 Å². The van der Waals surface area contributed by atoms with Gasteiger partial charge in [-0.3, -0.25) is 4.79 Å². The number of hydrogen-bond donors (Lipinski definition) is 1. The number of carbonyl (C=O) groups excluding carboxylic acids is 2. The molecule has 0 saturated carbocycles. The zero-order chi connectivity index (χ0) is 23.6. The van der Waals surface area contributed by atoms with E-state index in [1.807, 2.05) is 0 Å². The number of amides is 1. The Bertz CT molecular complexity index is 1290. The van der Waals surface area contributed by atoms with E-state index in [2.05, 4.69) is 10.3 Å². The fourth-order valence-electron chi connectivity index (χ4n) is 3.68. The van der Waals surface area contributed by atoms with Gasteiger partial charge in [-0.25, -0.2) is 18.2 Å². The van der Waals surface area contributed by atoms with Crippen LogP contribution in [0.5, 0.6) is 5.75 Å². The fraction of sp³-hybridized carbons (Fsp3) is 0.318. The minimum atomic E-state index is -3.85. The standard InChI is InChI=1S/C22H23N3O6S2/c1-3-31-21(27)14-6-11-17-19(13-14)32-22(23-17)24-20(26)18-5-4-12-25(18)33(28,29)16-9-7-15(30-2)8-10-16/h6-11,13,18H,3-5,12H2,1-2H3,(H,23,24,26). The number of esters is 1. The average molecular weight is 490 g/mol. The summed E-state index contributed by atoms with van der Waals surface area (Å²) >= 11 is 1.21. The maximum atomic E-state index is 13.1. The summed E-state index contributed by atoms with van der Waals surface area (Å²) in [6, 6.07) is 10.2.